The van der Waals surface area contributed by atoms with E-state index in [1.54, 1.807) is 23.1 Å². The van der Waals surface area contributed by atoms with E-state index in [4.69, 9.17) is 16.7 Å². The lowest BCUT2D eigenvalue weighted by atomic mass is 9.97. The number of piperidine rings is 1. The number of nitrogens with zero attached hydrogens (tertiary/aromatic N) is 1. The highest BCUT2D eigenvalue weighted by Gasteiger charge is 2.29. The Morgan fingerprint density at radius 2 is 2.16 bits per heavy atom. The van der Waals surface area contributed by atoms with E-state index in [1.807, 2.05) is 0 Å². The van der Waals surface area contributed by atoms with E-state index in [0.717, 1.165) is 0 Å². The van der Waals surface area contributed by atoms with E-state index < -0.39 is 11.9 Å². The summed E-state index contributed by atoms with van der Waals surface area (Å²) < 4.78 is 0.659. The molecule has 1 saturated heterocycles. The number of carboxylic acid groups (broad SMARTS) is 1. The number of hydrogen-bond acceptors (Lipinski definition) is 2. The largest absolute Gasteiger partial charge is 0.481 e. The van der Waals surface area contributed by atoms with Crippen molar-refractivity contribution in [3.63, 3.8) is 0 Å². The number of carboxylic acids is 1. The van der Waals surface area contributed by atoms with Gasteiger partial charge in [-0.1, -0.05) is 17.7 Å². The molecule has 1 N–H and O–H groups in total. The van der Waals surface area contributed by atoms with Crippen LogP contribution in [0.4, 0.5) is 0 Å². The van der Waals surface area contributed by atoms with Crippen molar-refractivity contribution in [2.75, 3.05) is 13.1 Å². The van der Waals surface area contributed by atoms with Gasteiger partial charge in [-0.15, -0.1) is 0 Å². The zero-order valence-electron chi connectivity index (χ0n) is 10.1. The second-order valence-electron chi connectivity index (χ2n) is 4.53. The minimum Gasteiger partial charge on any atom is -0.481 e. The molecule has 6 heteroatoms. The van der Waals surface area contributed by atoms with Crippen molar-refractivity contribution in [1.82, 2.24) is 4.90 Å². The number of rotatable bonds is 2. The van der Waals surface area contributed by atoms with Crippen molar-refractivity contribution >= 4 is 39.4 Å². The van der Waals surface area contributed by atoms with E-state index in [9.17, 15) is 9.59 Å². The molecule has 0 saturated carbocycles. The highest BCUT2D eigenvalue weighted by Crippen LogP contribution is 2.28. The predicted molar refractivity (Wildman–Crippen MR) is 75.4 cm³/mol. The monoisotopic (exact) mass is 345 g/mol. The van der Waals surface area contributed by atoms with Crippen LogP contribution < -0.4 is 0 Å². The van der Waals surface area contributed by atoms with Crippen LogP contribution in [0.3, 0.4) is 0 Å². The molecule has 0 aliphatic carbocycles. The maximum Gasteiger partial charge on any atom is 0.308 e. The first-order valence-electron chi connectivity index (χ1n) is 5.97. The second kappa shape index (κ2) is 5.92. The number of carbonyl (C=O) groups is 2. The lowest BCUT2D eigenvalue weighted by Crippen LogP contribution is -2.42. The third-order valence-corrected chi connectivity index (χ3v) is 4.54. The fourth-order valence-electron chi connectivity index (χ4n) is 2.20. The van der Waals surface area contributed by atoms with Crippen LogP contribution in [0, 0.1) is 5.92 Å². The number of hydrogen-bond donors (Lipinski definition) is 1. The molecule has 2 rings (SSSR count). The molecule has 1 aliphatic rings. The van der Waals surface area contributed by atoms with Gasteiger partial charge in [0.2, 0.25) is 0 Å². The van der Waals surface area contributed by atoms with E-state index >= 15 is 0 Å². The van der Waals surface area contributed by atoms with Gasteiger partial charge in [0.15, 0.2) is 0 Å². The van der Waals surface area contributed by atoms with Crippen LogP contribution in [-0.2, 0) is 4.79 Å². The molecule has 0 bridgehead atoms. The third kappa shape index (κ3) is 3.09. The second-order valence-corrected chi connectivity index (χ2v) is 5.76. The van der Waals surface area contributed by atoms with Crippen LogP contribution in [-0.4, -0.2) is 35.0 Å². The van der Waals surface area contributed by atoms with Gasteiger partial charge in [-0.05, 0) is 40.9 Å². The van der Waals surface area contributed by atoms with Gasteiger partial charge in [0.05, 0.1) is 16.5 Å². The molecule has 1 heterocycles. The Labute approximate surface area is 124 Å². The van der Waals surface area contributed by atoms with Crippen molar-refractivity contribution < 1.29 is 14.7 Å². The molecule has 0 radical (unpaired) electrons. The minimum absolute atomic E-state index is 0.211. The highest BCUT2D eigenvalue weighted by molar-refractivity contribution is 9.10. The number of aliphatic carboxylic acids is 1. The Bertz CT molecular complexity index is 521. The van der Waals surface area contributed by atoms with Gasteiger partial charge in [0.1, 0.15) is 0 Å². The molecule has 0 spiro atoms. The van der Waals surface area contributed by atoms with E-state index in [0.29, 0.717) is 34.4 Å². The van der Waals surface area contributed by atoms with Crippen LogP contribution in [0.2, 0.25) is 5.02 Å². The molecule has 1 aromatic rings. The maximum absolute atomic E-state index is 12.4. The zero-order chi connectivity index (χ0) is 14.0. The van der Waals surface area contributed by atoms with Gasteiger partial charge >= 0.3 is 5.97 Å². The molecule has 1 amide bonds. The van der Waals surface area contributed by atoms with Crippen molar-refractivity contribution in [2.24, 2.45) is 5.92 Å². The summed E-state index contributed by atoms with van der Waals surface area (Å²) in [7, 11) is 0. The summed E-state index contributed by atoms with van der Waals surface area (Å²) in [5.41, 5.74) is 0.405. The van der Waals surface area contributed by atoms with E-state index in [-0.39, 0.29) is 12.5 Å². The first-order valence-corrected chi connectivity index (χ1v) is 7.14. The Morgan fingerprint density at radius 1 is 1.42 bits per heavy atom. The summed E-state index contributed by atoms with van der Waals surface area (Å²) in [4.78, 5) is 24.9. The zero-order valence-corrected chi connectivity index (χ0v) is 12.4. The number of halogens is 2. The van der Waals surface area contributed by atoms with E-state index in [1.165, 1.54) is 0 Å². The summed E-state index contributed by atoms with van der Waals surface area (Å²) in [6, 6.07) is 5.15. The fourth-order valence-corrected chi connectivity index (χ4v) is 2.78. The Balaban J connectivity index is 2.19. The van der Waals surface area contributed by atoms with Crippen LogP contribution in [0.25, 0.3) is 0 Å². The Hall–Kier alpha value is -1.07. The Kier molecular flexibility index (Phi) is 4.47. The number of amides is 1. The summed E-state index contributed by atoms with van der Waals surface area (Å²) >= 11 is 9.37. The molecule has 102 valence electrons. The quantitative estimate of drug-likeness (QED) is 0.895. The van der Waals surface area contributed by atoms with Crippen molar-refractivity contribution in [3.05, 3.63) is 33.3 Å². The fraction of sp³-hybridized carbons (Fsp3) is 0.385. The SMILES string of the molecule is O=C(O)[C@@H]1CCCN(C(=O)c2cccc(Br)c2Cl)C1. The summed E-state index contributed by atoms with van der Waals surface area (Å²) in [5, 5.41) is 9.40. The molecular formula is C13H13BrClNO3. The van der Waals surface area contributed by atoms with Gasteiger partial charge in [0.25, 0.3) is 5.91 Å². The molecule has 4 nitrogen and oxygen atoms in total. The molecule has 0 aromatic heterocycles. The standard InChI is InChI=1S/C13H13BrClNO3/c14-10-5-1-4-9(11(10)15)12(17)16-6-2-3-8(7-16)13(18)19/h1,4-5,8H,2-3,6-7H2,(H,18,19)/t8-/m1/s1. The van der Waals surface area contributed by atoms with Crippen molar-refractivity contribution in [1.29, 1.82) is 0 Å². The van der Waals surface area contributed by atoms with Gasteiger partial charge in [-0.25, -0.2) is 0 Å². The summed E-state index contributed by atoms with van der Waals surface area (Å²) in [5.74, 6) is -1.54. The van der Waals surface area contributed by atoms with Gasteiger partial charge in [-0.3, -0.25) is 9.59 Å². The smallest absolute Gasteiger partial charge is 0.308 e. The van der Waals surface area contributed by atoms with Crippen molar-refractivity contribution in [2.45, 2.75) is 12.8 Å². The lowest BCUT2D eigenvalue weighted by Gasteiger charge is -2.31. The predicted octanol–water partition coefficient (Wildman–Crippen LogP) is 3.04. The number of likely N-dealkylation sites (tertiary alicyclic amines) is 1. The topological polar surface area (TPSA) is 57.6 Å². The average Bonchev–Trinajstić information content (AvgIpc) is 2.41. The van der Waals surface area contributed by atoms with Crippen LogP contribution in [0.5, 0.6) is 0 Å². The molecule has 1 fully saturated rings. The normalized spacial score (nSPS) is 19.3. The lowest BCUT2D eigenvalue weighted by molar-refractivity contribution is -0.143. The van der Waals surface area contributed by atoms with Crippen molar-refractivity contribution in [3.8, 4) is 0 Å². The highest BCUT2D eigenvalue weighted by atomic mass is 79.9. The molecule has 19 heavy (non-hydrogen) atoms. The van der Waals surface area contributed by atoms with Gasteiger partial charge in [0, 0.05) is 17.6 Å². The summed E-state index contributed by atoms with van der Waals surface area (Å²) in [6.07, 6.45) is 1.32. The minimum atomic E-state index is -0.849. The van der Waals surface area contributed by atoms with Crippen LogP contribution in [0.1, 0.15) is 23.2 Å². The van der Waals surface area contributed by atoms with E-state index in [2.05, 4.69) is 15.9 Å². The van der Waals surface area contributed by atoms with Gasteiger partial charge < -0.3 is 10.0 Å². The van der Waals surface area contributed by atoms with Crippen LogP contribution in [0.15, 0.2) is 22.7 Å². The molecule has 1 aliphatic heterocycles. The van der Waals surface area contributed by atoms with Gasteiger partial charge in [-0.2, -0.15) is 0 Å². The molecular weight excluding hydrogens is 334 g/mol. The Morgan fingerprint density at radius 3 is 2.84 bits per heavy atom. The number of carbonyl (C=O) groups excluding carboxylic acids is 1. The molecule has 0 unspecified atom stereocenters. The third-order valence-electron chi connectivity index (χ3n) is 3.24. The molecule has 1 aromatic carbocycles. The molecule has 1 atom stereocenters. The van der Waals surface area contributed by atoms with Crippen LogP contribution >= 0.6 is 27.5 Å². The number of benzene rings is 1. The first kappa shape index (κ1) is 14.3. The summed E-state index contributed by atoms with van der Waals surface area (Å²) in [6.45, 7) is 0.822. The maximum atomic E-state index is 12.4. The average molecular weight is 347 g/mol. The first-order chi connectivity index (χ1) is 9.00.